The summed E-state index contributed by atoms with van der Waals surface area (Å²) in [4.78, 5) is 12.0. The molecule has 1 unspecified atom stereocenters. The van der Waals surface area contributed by atoms with E-state index in [9.17, 15) is 4.79 Å². The third-order valence-electron chi connectivity index (χ3n) is 3.80. The van der Waals surface area contributed by atoms with E-state index in [1.807, 2.05) is 18.2 Å². The zero-order chi connectivity index (χ0) is 13.5. The molecule has 1 heterocycles. The van der Waals surface area contributed by atoms with Crippen molar-refractivity contribution in [2.75, 3.05) is 11.9 Å². The number of hydrogen-bond acceptors (Lipinski definition) is 2. The first-order chi connectivity index (χ1) is 9.29. The molecule has 0 spiro atoms. The lowest BCUT2D eigenvalue weighted by Gasteiger charge is -2.23. The second kappa shape index (κ2) is 7.29. The molecule has 1 aromatic rings. The predicted octanol–water partition coefficient (Wildman–Crippen LogP) is 3.11. The Kier molecular flexibility index (Phi) is 5.40. The maximum Gasteiger partial charge on any atom is 0.224 e. The van der Waals surface area contributed by atoms with Gasteiger partial charge in [-0.1, -0.05) is 31.5 Å². The van der Waals surface area contributed by atoms with Gasteiger partial charge in [-0.15, -0.1) is 0 Å². The Morgan fingerprint density at radius 3 is 2.95 bits per heavy atom. The van der Waals surface area contributed by atoms with Crippen molar-refractivity contribution >= 4 is 11.6 Å². The van der Waals surface area contributed by atoms with Gasteiger partial charge in [0.05, 0.1) is 0 Å². The van der Waals surface area contributed by atoms with Crippen molar-refractivity contribution in [3.05, 3.63) is 29.8 Å². The highest BCUT2D eigenvalue weighted by molar-refractivity contribution is 5.91. The summed E-state index contributed by atoms with van der Waals surface area (Å²) < 4.78 is 0. The summed E-state index contributed by atoms with van der Waals surface area (Å²) in [5.41, 5.74) is 2.17. The number of amides is 1. The van der Waals surface area contributed by atoms with E-state index in [1.165, 1.54) is 24.8 Å². The summed E-state index contributed by atoms with van der Waals surface area (Å²) in [6, 6.07) is 8.56. The van der Waals surface area contributed by atoms with E-state index in [0.717, 1.165) is 25.1 Å². The molecule has 0 saturated carbocycles. The van der Waals surface area contributed by atoms with Gasteiger partial charge >= 0.3 is 0 Å². The zero-order valence-electron chi connectivity index (χ0n) is 11.7. The highest BCUT2D eigenvalue weighted by Gasteiger charge is 2.14. The Balaban J connectivity index is 1.80. The molecule has 1 saturated heterocycles. The van der Waals surface area contributed by atoms with Gasteiger partial charge in [0.15, 0.2) is 0 Å². The number of benzene rings is 1. The van der Waals surface area contributed by atoms with Crippen molar-refractivity contribution in [1.29, 1.82) is 0 Å². The van der Waals surface area contributed by atoms with Crippen molar-refractivity contribution in [3.63, 3.8) is 0 Å². The molecule has 1 fully saturated rings. The first-order valence-corrected chi connectivity index (χ1v) is 7.40. The van der Waals surface area contributed by atoms with Crippen LogP contribution >= 0.6 is 0 Å². The Morgan fingerprint density at radius 1 is 1.37 bits per heavy atom. The number of hydrogen-bond donors (Lipinski definition) is 2. The number of rotatable bonds is 5. The lowest BCUT2D eigenvalue weighted by Crippen LogP contribution is -2.34. The first kappa shape index (κ1) is 14.1. The Labute approximate surface area is 115 Å². The summed E-state index contributed by atoms with van der Waals surface area (Å²) in [7, 11) is 0. The van der Waals surface area contributed by atoms with Crippen LogP contribution < -0.4 is 10.6 Å². The van der Waals surface area contributed by atoms with Gasteiger partial charge in [0.2, 0.25) is 5.91 Å². The Morgan fingerprint density at radius 2 is 2.21 bits per heavy atom. The lowest BCUT2D eigenvalue weighted by molar-refractivity contribution is -0.116. The number of aryl methyl sites for hydroxylation is 1. The van der Waals surface area contributed by atoms with E-state index in [-0.39, 0.29) is 5.91 Å². The molecule has 2 rings (SSSR count). The molecule has 1 atom stereocenters. The minimum Gasteiger partial charge on any atom is -0.326 e. The van der Waals surface area contributed by atoms with Crippen LogP contribution in [0.1, 0.15) is 44.6 Å². The van der Waals surface area contributed by atoms with Crippen molar-refractivity contribution in [2.45, 2.75) is 51.5 Å². The van der Waals surface area contributed by atoms with Crippen molar-refractivity contribution < 1.29 is 4.79 Å². The lowest BCUT2D eigenvalue weighted by atomic mass is 10.0. The molecule has 3 nitrogen and oxygen atoms in total. The third-order valence-corrected chi connectivity index (χ3v) is 3.80. The molecule has 1 aliphatic heterocycles. The van der Waals surface area contributed by atoms with E-state index in [4.69, 9.17) is 0 Å². The van der Waals surface area contributed by atoms with Crippen LogP contribution in [0.2, 0.25) is 0 Å². The van der Waals surface area contributed by atoms with Crippen molar-refractivity contribution in [2.24, 2.45) is 0 Å². The first-order valence-electron chi connectivity index (χ1n) is 7.40. The minimum atomic E-state index is 0.133. The molecule has 3 heteroatoms. The monoisotopic (exact) mass is 260 g/mol. The fourth-order valence-corrected chi connectivity index (χ4v) is 2.64. The quantitative estimate of drug-likeness (QED) is 0.854. The summed E-state index contributed by atoms with van der Waals surface area (Å²) >= 11 is 0. The van der Waals surface area contributed by atoms with Crippen LogP contribution in [0.15, 0.2) is 24.3 Å². The molecule has 1 aliphatic rings. The highest BCUT2D eigenvalue weighted by Crippen LogP contribution is 2.17. The van der Waals surface area contributed by atoms with Crippen LogP contribution in [0.4, 0.5) is 5.69 Å². The maximum absolute atomic E-state index is 12.0. The fourth-order valence-electron chi connectivity index (χ4n) is 2.64. The molecular formula is C16H24N2O. The third kappa shape index (κ3) is 4.35. The normalized spacial score (nSPS) is 19.1. The number of piperidine rings is 1. The average Bonchev–Trinajstić information content (AvgIpc) is 2.47. The van der Waals surface area contributed by atoms with Crippen LogP contribution in [-0.4, -0.2) is 18.5 Å². The van der Waals surface area contributed by atoms with Gasteiger partial charge in [0.25, 0.3) is 0 Å². The van der Waals surface area contributed by atoms with Crippen LogP contribution in [0.3, 0.4) is 0 Å². The van der Waals surface area contributed by atoms with Crippen molar-refractivity contribution in [3.8, 4) is 0 Å². The molecule has 1 aromatic carbocycles. The predicted molar refractivity (Wildman–Crippen MR) is 79.3 cm³/mol. The Bertz CT molecular complexity index is 411. The van der Waals surface area contributed by atoms with Crippen LogP contribution in [0.25, 0.3) is 0 Å². The number of nitrogens with one attached hydrogen (secondary N) is 2. The molecule has 1 amide bonds. The van der Waals surface area contributed by atoms with Gasteiger partial charge in [-0.25, -0.2) is 0 Å². The summed E-state index contributed by atoms with van der Waals surface area (Å²) in [6.45, 7) is 3.21. The number of carbonyl (C=O) groups is 1. The largest absolute Gasteiger partial charge is 0.326 e. The van der Waals surface area contributed by atoms with Gasteiger partial charge in [-0.05, 0) is 43.9 Å². The number of para-hydroxylation sites is 1. The number of carbonyl (C=O) groups excluding carboxylic acids is 1. The molecule has 0 radical (unpaired) electrons. The highest BCUT2D eigenvalue weighted by atomic mass is 16.1. The topological polar surface area (TPSA) is 41.1 Å². The van der Waals surface area contributed by atoms with Crippen LogP contribution in [0, 0.1) is 0 Å². The maximum atomic E-state index is 12.0. The van der Waals surface area contributed by atoms with E-state index >= 15 is 0 Å². The molecule has 0 aromatic heterocycles. The van der Waals surface area contributed by atoms with E-state index in [2.05, 4.69) is 23.6 Å². The van der Waals surface area contributed by atoms with Crippen molar-refractivity contribution in [1.82, 2.24) is 5.32 Å². The average molecular weight is 260 g/mol. The minimum absolute atomic E-state index is 0.133. The van der Waals surface area contributed by atoms with Crippen LogP contribution in [0.5, 0.6) is 0 Å². The molecule has 104 valence electrons. The van der Waals surface area contributed by atoms with E-state index in [1.54, 1.807) is 0 Å². The van der Waals surface area contributed by atoms with Gasteiger partial charge in [-0.3, -0.25) is 4.79 Å². The van der Waals surface area contributed by atoms with Crippen LogP contribution in [-0.2, 0) is 11.2 Å². The van der Waals surface area contributed by atoms with Gasteiger partial charge < -0.3 is 10.6 Å². The molecule has 2 N–H and O–H groups in total. The Hall–Kier alpha value is -1.35. The molecule has 0 aliphatic carbocycles. The summed E-state index contributed by atoms with van der Waals surface area (Å²) in [5.74, 6) is 0.133. The smallest absolute Gasteiger partial charge is 0.224 e. The van der Waals surface area contributed by atoms with Gasteiger partial charge in [-0.2, -0.15) is 0 Å². The SMILES string of the molecule is CCc1ccccc1NC(=O)CCC1CCCCN1. The molecule has 19 heavy (non-hydrogen) atoms. The second-order valence-electron chi connectivity index (χ2n) is 5.24. The van der Waals surface area contributed by atoms with Gasteiger partial charge in [0.1, 0.15) is 0 Å². The standard InChI is InChI=1S/C16H24N2O/c1-2-13-7-3-4-9-15(13)18-16(19)11-10-14-8-5-6-12-17-14/h3-4,7,9,14,17H,2,5-6,8,10-12H2,1H3,(H,18,19). The molecular weight excluding hydrogens is 236 g/mol. The molecule has 0 bridgehead atoms. The second-order valence-corrected chi connectivity index (χ2v) is 5.24. The summed E-state index contributed by atoms with van der Waals surface area (Å²) in [6.07, 6.45) is 6.26. The van der Waals surface area contributed by atoms with E-state index in [0.29, 0.717) is 12.5 Å². The van der Waals surface area contributed by atoms with Gasteiger partial charge in [0, 0.05) is 18.2 Å². The number of anilines is 1. The fraction of sp³-hybridized carbons (Fsp3) is 0.562. The van der Waals surface area contributed by atoms with E-state index < -0.39 is 0 Å². The zero-order valence-corrected chi connectivity index (χ0v) is 11.7. The summed E-state index contributed by atoms with van der Waals surface area (Å²) in [5, 5.41) is 6.52.